The van der Waals surface area contributed by atoms with Crippen molar-refractivity contribution < 1.29 is 31.1 Å². The summed E-state index contributed by atoms with van der Waals surface area (Å²) < 4.78 is 51.2. The molecule has 0 unspecified atom stereocenters. The molecule has 1 saturated heterocycles. The second kappa shape index (κ2) is 11.4. The summed E-state index contributed by atoms with van der Waals surface area (Å²) in [5.41, 5.74) is -0.459. The smallest absolute Gasteiger partial charge is 0.455 e. The molecule has 1 aliphatic rings. The van der Waals surface area contributed by atoms with E-state index < -0.39 is 59.1 Å². The summed E-state index contributed by atoms with van der Waals surface area (Å²) in [4.78, 5) is 16.9. The van der Waals surface area contributed by atoms with Crippen LogP contribution in [0.4, 0.5) is 0 Å². The Morgan fingerprint density at radius 3 is 1.94 bits per heavy atom. The maximum Gasteiger partial charge on any atom is 0.455 e. The lowest BCUT2D eigenvalue weighted by Gasteiger charge is -2.31. The maximum absolute atomic E-state index is 13.6. The topological polar surface area (TPSA) is 107 Å². The number of aromatic nitrogens is 2. The summed E-state index contributed by atoms with van der Waals surface area (Å²) in [6.07, 6.45) is 0.560. The number of hydrogen-bond acceptors (Lipinski definition) is 9. The summed E-state index contributed by atoms with van der Waals surface area (Å²) >= 11 is 0. The number of phosphoric acid groups is 1. The molecule has 3 atom stereocenters. The Morgan fingerprint density at radius 1 is 0.944 bits per heavy atom. The van der Waals surface area contributed by atoms with Gasteiger partial charge in [0.2, 0.25) is 14.2 Å². The highest BCUT2D eigenvalue weighted by Crippen LogP contribution is 2.54. The van der Waals surface area contributed by atoms with Gasteiger partial charge in [-0.05, 0) is 78.6 Å². The van der Waals surface area contributed by atoms with Gasteiger partial charge in [-0.15, -0.1) is 0 Å². The number of ether oxygens (including phenoxy) is 1. The molecule has 1 aliphatic heterocycles. The molecule has 0 saturated carbocycles. The lowest BCUT2D eigenvalue weighted by molar-refractivity contribution is -0.0418. The van der Waals surface area contributed by atoms with Gasteiger partial charge in [-0.1, -0.05) is 0 Å². The second-order valence-corrected chi connectivity index (χ2v) is 32.9. The third-order valence-corrected chi connectivity index (χ3v) is 12.8. The molecule has 15 heteroatoms. The van der Waals surface area contributed by atoms with Gasteiger partial charge in [0.05, 0.1) is 12.7 Å². The summed E-state index contributed by atoms with van der Waals surface area (Å²) in [5.74, 6) is 0.316. The minimum absolute atomic E-state index is 0.0448. The fraction of sp³-hybridized carbons (Fsp3) is 0.810. The van der Waals surface area contributed by atoms with E-state index in [1.165, 1.54) is 4.57 Å². The molecule has 208 valence electrons. The van der Waals surface area contributed by atoms with E-state index in [0.29, 0.717) is 12.3 Å². The SMILES string of the molecule is C[Si](C)(C)Oc1ccn([C@H]2C[C@H](O[Si](C)(C)C)[C@@H](COP(=O)(O[Si](C)(C)C)O[Si](C)(C)C)O2)c(=O)n1. The molecular weight excluding hydrogens is 552 g/mol. The van der Waals surface area contributed by atoms with Gasteiger partial charge in [-0.3, -0.25) is 9.09 Å². The first kappa shape index (κ1) is 31.8. The standard InChI is InChI=1S/C21H45N2O8PSi4/c1-33(2,3)28-17-15-20(23-14-13-19(22-21(23)24)29-34(4,5)6)27-18(17)16-26-32(25,30-35(7,8)9)31-36(10,11)12/h13-14,17-18,20H,15-16H2,1-12H3/t17-,18+,20+/m0/s1. The molecule has 2 rings (SSSR count). The van der Waals surface area contributed by atoms with Crippen LogP contribution >= 0.6 is 7.82 Å². The van der Waals surface area contributed by atoms with Gasteiger partial charge in [-0.25, -0.2) is 9.36 Å². The van der Waals surface area contributed by atoms with Crippen molar-refractivity contribution >= 4 is 41.1 Å². The van der Waals surface area contributed by atoms with Crippen molar-refractivity contribution in [2.24, 2.45) is 0 Å². The zero-order chi connectivity index (χ0) is 27.7. The van der Waals surface area contributed by atoms with Crippen LogP contribution in [0.2, 0.25) is 78.6 Å². The maximum atomic E-state index is 13.6. The van der Waals surface area contributed by atoms with Crippen molar-refractivity contribution in [3.63, 3.8) is 0 Å². The van der Waals surface area contributed by atoms with Crippen LogP contribution in [0.25, 0.3) is 0 Å². The zero-order valence-electron chi connectivity index (χ0n) is 23.9. The van der Waals surface area contributed by atoms with Crippen LogP contribution in [-0.4, -0.2) is 61.6 Å². The molecule has 1 aromatic heterocycles. The van der Waals surface area contributed by atoms with Gasteiger partial charge in [0.1, 0.15) is 12.3 Å². The molecule has 1 fully saturated rings. The van der Waals surface area contributed by atoms with E-state index in [9.17, 15) is 9.36 Å². The van der Waals surface area contributed by atoms with Crippen LogP contribution in [0, 0.1) is 0 Å². The quantitative estimate of drug-likeness (QED) is 0.219. The minimum Gasteiger partial charge on any atom is -0.531 e. The zero-order valence-corrected chi connectivity index (χ0v) is 28.8. The van der Waals surface area contributed by atoms with E-state index >= 15 is 0 Å². The molecule has 0 N–H and O–H groups in total. The molecule has 10 nitrogen and oxygen atoms in total. The van der Waals surface area contributed by atoms with Gasteiger partial charge in [0, 0.05) is 18.7 Å². The molecular formula is C21H45N2O8PSi4. The average Bonchev–Trinajstić information content (AvgIpc) is 2.96. The normalized spacial score (nSPS) is 22.2. The van der Waals surface area contributed by atoms with Gasteiger partial charge in [0.15, 0.2) is 25.0 Å². The molecule has 0 amide bonds. The van der Waals surface area contributed by atoms with Gasteiger partial charge in [-0.2, -0.15) is 4.98 Å². The van der Waals surface area contributed by atoms with Crippen molar-refractivity contribution in [1.82, 2.24) is 9.55 Å². The van der Waals surface area contributed by atoms with Gasteiger partial charge in [0.25, 0.3) is 0 Å². The van der Waals surface area contributed by atoms with Gasteiger partial charge < -0.3 is 22.0 Å². The third-order valence-electron chi connectivity index (χ3n) is 4.38. The molecule has 0 bridgehead atoms. The van der Waals surface area contributed by atoms with Crippen LogP contribution in [0.5, 0.6) is 5.88 Å². The van der Waals surface area contributed by atoms with E-state index in [4.69, 9.17) is 26.5 Å². The Kier molecular flexibility index (Phi) is 10.0. The Hall–Kier alpha value is -0.422. The number of nitrogens with zero attached hydrogens (tertiary/aromatic N) is 2. The van der Waals surface area contributed by atoms with Crippen LogP contribution in [-0.2, 0) is 26.7 Å². The van der Waals surface area contributed by atoms with E-state index in [1.807, 2.05) is 58.9 Å². The number of rotatable bonds is 12. The molecule has 0 radical (unpaired) electrons. The van der Waals surface area contributed by atoms with Crippen molar-refractivity contribution in [3.8, 4) is 5.88 Å². The van der Waals surface area contributed by atoms with E-state index in [1.54, 1.807) is 12.3 Å². The molecule has 0 spiro atoms. The van der Waals surface area contributed by atoms with E-state index in [2.05, 4.69) is 24.6 Å². The lowest BCUT2D eigenvalue weighted by atomic mass is 10.2. The van der Waals surface area contributed by atoms with Crippen LogP contribution < -0.4 is 10.1 Å². The molecule has 36 heavy (non-hydrogen) atoms. The Bertz CT molecular complexity index is 978. The second-order valence-electron chi connectivity index (χ2n) is 13.0. The summed E-state index contributed by atoms with van der Waals surface area (Å²) in [6.45, 7) is 23.9. The summed E-state index contributed by atoms with van der Waals surface area (Å²) in [7, 11) is -12.2. The highest BCUT2D eigenvalue weighted by Gasteiger charge is 2.44. The third kappa shape index (κ3) is 11.1. The predicted octanol–water partition coefficient (Wildman–Crippen LogP) is 5.79. The first-order valence-electron chi connectivity index (χ1n) is 12.3. The highest BCUT2D eigenvalue weighted by molar-refractivity contribution is 7.52. The average molecular weight is 597 g/mol. The summed E-state index contributed by atoms with van der Waals surface area (Å²) in [6, 6.07) is 1.68. The van der Waals surface area contributed by atoms with Crippen molar-refractivity contribution in [1.29, 1.82) is 0 Å². The number of hydrogen-bond donors (Lipinski definition) is 0. The first-order chi connectivity index (χ1) is 16.0. The first-order valence-corrected chi connectivity index (χ1v) is 27.4. The monoisotopic (exact) mass is 596 g/mol. The largest absolute Gasteiger partial charge is 0.531 e. The predicted molar refractivity (Wildman–Crippen MR) is 152 cm³/mol. The Morgan fingerprint density at radius 2 is 1.50 bits per heavy atom. The minimum atomic E-state index is -3.81. The van der Waals surface area contributed by atoms with E-state index in [0.717, 1.165) is 0 Å². The highest BCUT2D eigenvalue weighted by atomic mass is 31.2. The van der Waals surface area contributed by atoms with Crippen molar-refractivity contribution in [3.05, 3.63) is 22.7 Å². The van der Waals surface area contributed by atoms with Gasteiger partial charge >= 0.3 is 13.5 Å². The fourth-order valence-corrected chi connectivity index (χ4v) is 12.0. The van der Waals surface area contributed by atoms with E-state index in [-0.39, 0.29) is 12.7 Å². The molecule has 2 heterocycles. The lowest BCUT2D eigenvalue weighted by Crippen LogP contribution is -2.38. The van der Waals surface area contributed by atoms with Crippen molar-refractivity contribution in [2.45, 2.75) is 103 Å². The summed E-state index contributed by atoms with van der Waals surface area (Å²) in [5, 5.41) is 0. The van der Waals surface area contributed by atoms with Crippen LogP contribution in [0.3, 0.4) is 0 Å². The molecule has 0 aliphatic carbocycles. The Balaban J connectivity index is 2.26. The molecule has 0 aromatic carbocycles. The van der Waals surface area contributed by atoms with Crippen molar-refractivity contribution in [2.75, 3.05) is 6.61 Å². The Labute approximate surface area is 220 Å². The molecule has 1 aromatic rings. The van der Waals surface area contributed by atoms with Crippen LogP contribution in [0.15, 0.2) is 17.1 Å². The van der Waals surface area contributed by atoms with Crippen LogP contribution in [0.1, 0.15) is 12.6 Å². The fourth-order valence-electron chi connectivity index (χ4n) is 3.49.